The first-order valence-electron chi connectivity index (χ1n) is 4.98. The van der Waals surface area contributed by atoms with Gasteiger partial charge in [0.1, 0.15) is 5.82 Å². The highest BCUT2D eigenvalue weighted by Gasteiger charge is 2.10. The molecule has 2 rings (SSSR count). The maximum atomic E-state index is 13.4. The van der Waals surface area contributed by atoms with Crippen LogP contribution in [0.25, 0.3) is 0 Å². The zero-order valence-corrected chi connectivity index (χ0v) is 10.9. The minimum Gasteiger partial charge on any atom is -0.322 e. The molecule has 0 bridgehead atoms. The van der Waals surface area contributed by atoms with Crippen LogP contribution in [-0.2, 0) is 0 Å². The number of carbonyl (C=O) groups excluding carboxylic acids is 1. The molecule has 0 radical (unpaired) electrons. The fourth-order valence-electron chi connectivity index (χ4n) is 1.41. The van der Waals surface area contributed by atoms with E-state index in [1.165, 1.54) is 12.1 Å². The highest BCUT2D eigenvalue weighted by Crippen LogP contribution is 2.14. The van der Waals surface area contributed by atoms with Crippen LogP contribution in [0.15, 0.2) is 48.5 Å². The van der Waals surface area contributed by atoms with Crippen LogP contribution in [-0.4, -0.2) is 5.91 Å². The number of carbonyl (C=O) groups is 1. The van der Waals surface area contributed by atoms with Crippen LogP contribution in [0.1, 0.15) is 10.4 Å². The Kier molecular flexibility index (Phi) is 3.73. The van der Waals surface area contributed by atoms with Gasteiger partial charge in [0.15, 0.2) is 0 Å². The van der Waals surface area contributed by atoms with Crippen molar-refractivity contribution in [1.82, 2.24) is 0 Å². The normalized spacial score (nSPS) is 10.0. The maximum absolute atomic E-state index is 13.4. The molecule has 2 aromatic carbocycles. The van der Waals surface area contributed by atoms with Gasteiger partial charge >= 0.3 is 0 Å². The fraction of sp³-hybridized carbons (Fsp3) is 0. The van der Waals surface area contributed by atoms with Crippen molar-refractivity contribution in [2.45, 2.75) is 0 Å². The number of nitrogens with one attached hydrogen (secondary N) is 1. The van der Waals surface area contributed by atoms with Gasteiger partial charge in [-0.3, -0.25) is 4.79 Å². The van der Waals surface area contributed by atoms with Gasteiger partial charge in [0, 0.05) is 9.26 Å². The molecule has 1 N–H and O–H groups in total. The van der Waals surface area contributed by atoms with Crippen molar-refractivity contribution in [3.63, 3.8) is 0 Å². The minimum atomic E-state index is -0.518. The predicted octanol–water partition coefficient (Wildman–Crippen LogP) is 3.68. The second-order valence-electron chi connectivity index (χ2n) is 3.44. The number of hydrogen-bond acceptors (Lipinski definition) is 1. The lowest BCUT2D eigenvalue weighted by molar-refractivity contribution is 0.102. The average Bonchev–Trinajstić information content (AvgIpc) is 2.29. The molecule has 17 heavy (non-hydrogen) atoms. The van der Waals surface area contributed by atoms with Crippen LogP contribution in [0.4, 0.5) is 10.1 Å². The molecule has 0 aromatic heterocycles. The third kappa shape index (κ3) is 3.03. The Morgan fingerprint density at radius 1 is 1.12 bits per heavy atom. The van der Waals surface area contributed by atoms with E-state index in [-0.39, 0.29) is 5.56 Å². The molecule has 4 heteroatoms. The Labute approximate surface area is 112 Å². The summed E-state index contributed by atoms with van der Waals surface area (Å²) < 4.78 is 14.4. The van der Waals surface area contributed by atoms with Crippen molar-refractivity contribution < 1.29 is 9.18 Å². The van der Waals surface area contributed by atoms with Crippen LogP contribution >= 0.6 is 22.6 Å². The first-order chi connectivity index (χ1) is 8.16. The molecular weight excluding hydrogens is 332 g/mol. The molecule has 0 saturated carbocycles. The van der Waals surface area contributed by atoms with Gasteiger partial charge < -0.3 is 5.32 Å². The molecule has 2 nitrogen and oxygen atoms in total. The summed E-state index contributed by atoms with van der Waals surface area (Å²) in [4.78, 5) is 11.8. The molecule has 1 amide bonds. The molecule has 2 aromatic rings. The number of benzene rings is 2. The summed E-state index contributed by atoms with van der Waals surface area (Å²) in [6, 6.07) is 13.2. The molecule has 0 spiro atoms. The van der Waals surface area contributed by atoms with Gasteiger partial charge in [-0.2, -0.15) is 0 Å². The largest absolute Gasteiger partial charge is 0.322 e. The zero-order chi connectivity index (χ0) is 12.3. The van der Waals surface area contributed by atoms with E-state index in [1.807, 2.05) is 18.2 Å². The Balaban J connectivity index is 2.20. The number of halogens is 2. The molecule has 0 atom stereocenters. The summed E-state index contributed by atoms with van der Waals surface area (Å²) in [7, 11) is 0. The molecule has 86 valence electrons. The number of rotatable bonds is 2. The predicted molar refractivity (Wildman–Crippen MR) is 73.5 cm³/mol. The van der Waals surface area contributed by atoms with E-state index in [2.05, 4.69) is 27.9 Å². The Morgan fingerprint density at radius 2 is 1.88 bits per heavy atom. The van der Waals surface area contributed by atoms with Gasteiger partial charge in [0.2, 0.25) is 0 Å². The molecule has 0 fully saturated rings. The molecule has 0 unspecified atom stereocenters. The van der Waals surface area contributed by atoms with E-state index in [1.54, 1.807) is 18.2 Å². The second-order valence-corrected chi connectivity index (χ2v) is 4.69. The molecule has 0 saturated heterocycles. The SMILES string of the molecule is O=C(Nc1cccc(I)c1)c1ccccc1F. The zero-order valence-electron chi connectivity index (χ0n) is 8.78. The third-order valence-electron chi connectivity index (χ3n) is 2.20. The van der Waals surface area contributed by atoms with Crippen molar-refractivity contribution in [2.24, 2.45) is 0 Å². The topological polar surface area (TPSA) is 29.1 Å². The van der Waals surface area contributed by atoms with E-state index in [4.69, 9.17) is 0 Å². The highest BCUT2D eigenvalue weighted by molar-refractivity contribution is 14.1. The van der Waals surface area contributed by atoms with Crippen LogP contribution < -0.4 is 5.32 Å². The van der Waals surface area contributed by atoms with Gasteiger partial charge in [-0.1, -0.05) is 18.2 Å². The highest BCUT2D eigenvalue weighted by atomic mass is 127. The standard InChI is InChI=1S/C13H9FINO/c14-12-7-2-1-6-11(12)13(17)16-10-5-3-4-9(15)8-10/h1-8H,(H,16,17). The van der Waals surface area contributed by atoms with Crippen molar-refractivity contribution in [3.8, 4) is 0 Å². The Hall–Kier alpha value is -1.43. The maximum Gasteiger partial charge on any atom is 0.258 e. The number of anilines is 1. The van der Waals surface area contributed by atoms with Gasteiger partial charge in [-0.05, 0) is 52.9 Å². The Bertz CT molecular complexity index is 557. The average molecular weight is 341 g/mol. The van der Waals surface area contributed by atoms with Crippen LogP contribution in [0.5, 0.6) is 0 Å². The van der Waals surface area contributed by atoms with Crippen molar-refractivity contribution in [2.75, 3.05) is 5.32 Å². The first kappa shape index (κ1) is 12.0. The second kappa shape index (κ2) is 5.27. The lowest BCUT2D eigenvalue weighted by atomic mass is 10.2. The Morgan fingerprint density at radius 3 is 2.59 bits per heavy atom. The monoisotopic (exact) mass is 341 g/mol. The summed E-state index contributed by atoms with van der Waals surface area (Å²) in [5.41, 5.74) is 0.705. The first-order valence-corrected chi connectivity index (χ1v) is 6.06. The molecule has 0 heterocycles. The summed E-state index contributed by atoms with van der Waals surface area (Å²) in [6.45, 7) is 0. The third-order valence-corrected chi connectivity index (χ3v) is 2.87. The lowest BCUT2D eigenvalue weighted by Crippen LogP contribution is -2.13. The summed E-state index contributed by atoms with van der Waals surface area (Å²) >= 11 is 2.15. The molecule has 0 aliphatic heterocycles. The number of amides is 1. The molecule has 0 aliphatic rings. The van der Waals surface area contributed by atoms with Crippen molar-refractivity contribution >= 4 is 34.2 Å². The summed E-state index contributed by atoms with van der Waals surface area (Å²) in [6.07, 6.45) is 0. The minimum absolute atomic E-state index is 0.0476. The number of hydrogen-bond donors (Lipinski definition) is 1. The summed E-state index contributed by atoms with van der Waals surface area (Å²) in [5, 5.41) is 2.66. The summed E-state index contributed by atoms with van der Waals surface area (Å²) in [5.74, 6) is -0.958. The van der Waals surface area contributed by atoms with Gasteiger partial charge in [-0.15, -0.1) is 0 Å². The lowest BCUT2D eigenvalue weighted by Gasteiger charge is -2.06. The van der Waals surface area contributed by atoms with Gasteiger partial charge in [-0.25, -0.2) is 4.39 Å². The van der Waals surface area contributed by atoms with Gasteiger partial charge in [0.05, 0.1) is 5.56 Å². The quantitative estimate of drug-likeness (QED) is 0.830. The van der Waals surface area contributed by atoms with E-state index in [0.717, 1.165) is 3.57 Å². The van der Waals surface area contributed by atoms with E-state index < -0.39 is 11.7 Å². The van der Waals surface area contributed by atoms with Crippen LogP contribution in [0.2, 0.25) is 0 Å². The van der Waals surface area contributed by atoms with Crippen LogP contribution in [0, 0.1) is 9.39 Å². The molecular formula is C13H9FINO. The van der Waals surface area contributed by atoms with E-state index in [9.17, 15) is 9.18 Å². The van der Waals surface area contributed by atoms with Gasteiger partial charge in [0.25, 0.3) is 5.91 Å². The fourth-order valence-corrected chi connectivity index (χ4v) is 1.95. The van der Waals surface area contributed by atoms with Crippen molar-refractivity contribution in [1.29, 1.82) is 0 Å². The van der Waals surface area contributed by atoms with E-state index >= 15 is 0 Å². The smallest absolute Gasteiger partial charge is 0.258 e. The van der Waals surface area contributed by atoms with Crippen molar-refractivity contribution in [3.05, 3.63) is 63.5 Å². The van der Waals surface area contributed by atoms with E-state index in [0.29, 0.717) is 5.69 Å². The van der Waals surface area contributed by atoms with Crippen LogP contribution in [0.3, 0.4) is 0 Å². The molecule has 0 aliphatic carbocycles.